The van der Waals surface area contributed by atoms with Crippen molar-refractivity contribution in [2.24, 2.45) is 44.8 Å². The predicted octanol–water partition coefficient (Wildman–Crippen LogP) is 8.43. The molecule has 7 atom stereocenters. The molecule has 0 aromatic rings. The molecule has 0 aromatic heterocycles. The van der Waals surface area contributed by atoms with E-state index in [2.05, 4.69) is 61.1 Å². The molecule has 180 valence electrons. The van der Waals surface area contributed by atoms with Gasteiger partial charge >= 0.3 is 5.97 Å². The van der Waals surface area contributed by atoms with Gasteiger partial charge in [-0.05, 0) is 110 Å². The quantitative estimate of drug-likeness (QED) is 0.445. The molecule has 2 nitrogen and oxygen atoms in total. The van der Waals surface area contributed by atoms with E-state index in [4.69, 9.17) is 0 Å². The zero-order chi connectivity index (χ0) is 23.7. The number of hydrogen-bond donors (Lipinski definition) is 1. The fourth-order valence-electron chi connectivity index (χ4n) is 9.76. The summed E-state index contributed by atoms with van der Waals surface area (Å²) in [5.74, 6) is 1.09. The van der Waals surface area contributed by atoms with Gasteiger partial charge in [0.1, 0.15) is 0 Å². The molecule has 7 unspecified atom stereocenters. The van der Waals surface area contributed by atoms with E-state index in [0.29, 0.717) is 28.1 Å². The molecule has 0 heterocycles. The van der Waals surface area contributed by atoms with Crippen molar-refractivity contribution in [2.45, 2.75) is 113 Å². The summed E-state index contributed by atoms with van der Waals surface area (Å²) in [5.41, 5.74) is 4.40. The molecule has 1 N–H and O–H groups in total. The highest BCUT2D eigenvalue weighted by molar-refractivity contribution is 5.66. The third-order valence-electron chi connectivity index (χ3n) is 11.5. The molecule has 2 heteroatoms. The molecule has 4 aliphatic carbocycles. The Morgan fingerprint density at radius 2 is 1.62 bits per heavy atom. The molecule has 0 radical (unpaired) electrons. The second-order valence-corrected chi connectivity index (χ2v) is 14.2. The maximum atomic E-state index is 11.6. The van der Waals surface area contributed by atoms with Crippen molar-refractivity contribution in [3.63, 3.8) is 0 Å². The summed E-state index contributed by atoms with van der Waals surface area (Å²) >= 11 is 0. The second-order valence-electron chi connectivity index (χ2n) is 14.2. The molecule has 0 amide bonds. The first-order chi connectivity index (χ1) is 14.7. The van der Waals surface area contributed by atoms with Gasteiger partial charge < -0.3 is 5.11 Å². The van der Waals surface area contributed by atoms with Gasteiger partial charge in [0, 0.05) is 6.42 Å². The Labute approximate surface area is 197 Å². The van der Waals surface area contributed by atoms with Crippen molar-refractivity contribution in [1.29, 1.82) is 0 Å². The van der Waals surface area contributed by atoms with Crippen molar-refractivity contribution >= 4 is 5.97 Å². The molecular weight excluding hydrogens is 392 g/mol. The molecule has 32 heavy (non-hydrogen) atoms. The minimum absolute atomic E-state index is 0.0198. The summed E-state index contributed by atoms with van der Waals surface area (Å²) in [6, 6.07) is 0. The number of carbonyl (C=O) groups is 1. The van der Waals surface area contributed by atoms with Crippen molar-refractivity contribution in [3.8, 4) is 0 Å². The van der Waals surface area contributed by atoms with Crippen LogP contribution >= 0.6 is 0 Å². The van der Waals surface area contributed by atoms with Crippen LogP contribution in [0.5, 0.6) is 0 Å². The third kappa shape index (κ3) is 3.45. The molecule has 0 saturated heterocycles. The molecular formula is C30H48O2. The van der Waals surface area contributed by atoms with E-state index in [1.807, 2.05) is 0 Å². The van der Waals surface area contributed by atoms with E-state index in [0.717, 1.165) is 18.8 Å². The summed E-state index contributed by atoms with van der Waals surface area (Å²) < 4.78 is 0. The largest absolute Gasteiger partial charge is 0.481 e. The lowest BCUT2D eigenvalue weighted by atomic mass is 9.36. The van der Waals surface area contributed by atoms with Gasteiger partial charge in [0.2, 0.25) is 0 Å². The monoisotopic (exact) mass is 440 g/mol. The lowest BCUT2D eigenvalue weighted by Crippen LogP contribution is -2.59. The lowest BCUT2D eigenvalue weighted by molar-refractivity contribution is -0.141. The van der Waals surface area contributed by atoms with E-state index < -0.39 is 5.97 Å². The number of carboxylic acid groups (broad SMARTS) is 1. The number of allylic oxidation sites excluding steroid dienone is 3. The first-order valence-electron chi connectivity index (χ1n) is 13.3. The van der Waals surface area contributed by atoms with Crippen molar-refractivity contribution in [2.75, 3.05) is 0 Å². The Balaban J connectivity index is 1.76. The molecule has 0 aliphatic heterocycles. The molecule has 0 aromatic carbocycles. The van der Waals surface area contributed by atoms with Gasteiger partial charge in [-0.25, -0.2) is 0 Å². The van der Waals surface area contributed by atoms with Gasteiger partial charge in [0.15, 0.2) is 0 Å². The van der Waals surface area contributed by atoms with Gasteiger partial charge in [0.25, 0.3) is 0 Å². The Hall–Kier alpha value is -1.05. The molecule has 3 saturated carbocycles. The van der Waals surface area contributed by atoms with Crippen LogP contribution in [0.2, 0.25) is 0 Å². The Bertz CT molecular complexity index is 836. The van der Waals surface area contributed by atoms with Gasteiger partial charge in [-0.15, -0.1) is 0 Å². The number of carboxylic acids is 1. The molecule has 0 bridgehead atoms. The lowest BCUT2D eigenvalue weighted by Gasteiger charge is -2.68. The van der Waals surface area contributed by atoms with Crippen LogP contribution in [0.15, 0.2) is 23.8 Å². The van der Waals surface area contributed by atoms with Crippen molar-refractivity contribution in [3.05, 3.63) is 23.8 Å². The maximum Gasteiger partial charge on any atom is 0.303 e. The van der Waals surface area contributed by atoms with Crippen LogP contribution in [-0.2, 0) is 4.79 Å². The predicted molar refractivity (Wildman–Crippen MR) is 133 cm³/mol. The Morgan fingerprint density at radius 1 is 1.00 bits per heavy atom. The summed E-state index contributed by atoms with van der Waals surface area (Å²) in [4.78, 5) is 11.6. The third-order valence-corrected chi connectivity index (χ3v) is 11.5. The van der Waals surface area contributed by atoms with Crippen LogP contribution in [0.3, 0.4) is 0 Å². The first kappa shape index (κ1) is 24.1. The fraction of sp³-hybridized carbons (Fsp3) is 0.833. The number of fused-ring (bicyclic) bond motifs is 5. The Morgan fingerprint density at radius 3 is 2.25 bits per heavy atom. The van der Waals surface area contributed by atoms with Crippen LogP contribution in [-0.4, -0.2) is 11.1 Å². The number of hydrogen-bond acceptors (Lipinski definition) is 1. The van der Waals surface area contributed by atoms with Crippen LogP contribution in [0.25, 0.3) is 0 Å². The molecule has 4 rings (SSSR count). The van der Waals surface area contributed by atoms with Crippen LogP contribution in [0.1, 0.15) is 113 Å². The SMILES string of the molecule is C=C(C)C1CCC2(C)C3=CCC4(C)CCC(C)(C)CC4C3(C)CCC2C1(C)CCC(=O)O. The van der Waals surface area contributed by atoms with E-state index in [1.54, 1.807) is 5.57 Å². The smallest absolute Gasteiger partial charge is 0.303 e. The van der Waals surface area contributed by atoms with Crippen LogP contribution in [0.4, 0.5) is 0 Å². The maximum absolute atomic E-state index is 11.6. The van der Waals surface area contributed by atoms with Gasteiger partial charge in [-0.3, -0.25) is 4.79 Å². The summed E-state index contributed by atoms with van der Waals surface area (Å²) in [6.45, 7) is 21.7. The minimum atomic E-state index is -0.656. The van der Waals surface area contributed by atoms with Crippen molar-refractivity contribution < 1.29 is 9.90 Å². The standard InChI is InChI=1S/C30H48O2/c1-20(2)21-9-14-29(7)22(28(21,6)16-12-25(31)32)11-15-30(8)23(29)10-13-27(5)18-17-26(3,4)19-24(27)30/h10,21-22,24H,1,9,11-19H2,2-8H3,(H,31,32). The summed E-state index contributed by atoms with van der Waals surface area (Å²) in [7, 11) is 0. The van der Waals surface area contributed by atoms with E-state index in [1.165, 1.54) is 50.5 Å². The van der Waals surface area contributed by atoms with Gasteiger partial charge in [-0.1, -0.05) is 65.3 Å². The number of aliphatic carboxylic acids is 1. The highest BCUT2D eigenvalue weighted by Gasteiger charge is 2.64. The fourth-order valence-corrected chi connectivity index (χ4v) is 9.76. The van der Waals surface area contributed by atoms with E-state index >= 15 is 0 Å². The summed E-state index contributed by atoms with van der Waals surface area (Å²) in [6.07, 6.45) is 13.9. The molecule has 4 aliphatic rings. The minimum Gasteiger partial charge on any atom is -0.481 e. The molecule has 0 spiro atoms. The van der Waals surface area contributed by atoms with Crippen LogP contribution < -0.4 is 0 Å². The van der Waals surface area contributed by atoms with Crippen molar-refractivity contribution in [1.82, 2.24) is 0 Å². The zero-order valence-corrected chi connectivity index (χ0v) is 21.9. The van der Waals surface area contributed by atoms with Crippen LogP contribution in [0, 0.1) is 44.8 Å². The van der Waals surface area contributed by atoms with E-state index in [9.17, 15) is 9.90 Å². The summed E-state index contributed by atoms with van der Waals surface area (Å²) in [5, 5.41) is 9.55. The average Bonchev–Trinajstić information content (AvgIpc) is 2.67. The van der Waals surface area contributed by atoms with Gasteiger partial charge in [0.05, 0.1) is 0 Å². The number of rotatable bonds is 4. The highest BCUT2D eigenvalue weighted by Crippen LogP contribution is 2.73. The average molecular weight is 441 g/mol. The highest BCUT2D eigenvalue weighted by atomic mass is 16.4. The molecule has 3 fully saturated rings. The second kappa shape index (κ2) is 7.47. The normalized spacial score (nSPS) is 47.5. The zero-order valence-electron chi connectivity index (χ0n) is 21.9. The van der Waals surface area contributed by atoms with Gasteiger partial charge in [-0.2, -0.15) is 0 Å². The first-order valence-corrected chi connectivity index (χ1v) is 13.3. The van der Waals surface area contributed by atoms with E-state index in [-0.39, 0.29) is 17.3 Å². The topological polar surface area (TPSA) is 37.3 Å². The Kier molecular flexibility index (Phi) is 5.63.